The van der Waals surface area contributed by atoms with Gasteiger partial charge < -0.3 is 0 Å². The number of primary sulfonamides is 1. The molecule has 0 saturated heterocycles. The molecule has 0 bridgehead atoms. The SMILES string of the molecule is NS(=O)(=O)c1ccc(-c2nccc3c(-c4cccs4)cccc23)cc1. The van der Waals surface area contributed by atoms with Gasteiger partial charge in [0.05, 0.1) is 10.6 Å². The lowest BCUT2D eigenvalue weighted by molar-refractivity contribution is 0.598. The number of hydrogen-bond acceptors (Lipinski definition) is 4. The molecular formula is C19H14N2O2S2. The van der Waals surface area contributed by atoms with Crippen LogP contribution in [0.4, 0.5) is 0 Å². The monoisotopic (exact) mass is 366 g/mol. The van der Waals surface area contributed by atoms with E-state index in [1.54, 1.807) is 29.7 Å². The maximum atomic E-state index is 11.4. The summed E-state index contributed by atoms with van der Waals surface area (Å²) in [5.41, 5.74) is 2.83. The van der Waals surface area contributed by atoms with Crippen LogP contribution in [0.2, 0.25) is 0 Å². The fraction of sp³-hybridized carbons (Fsp3) is 0. The minimum atomic E-state index is -3.70. The molecule has 0 aliphatic carbocycles. The normalized spacial score (nSPS) is 11.7. The Kier molecular flexibility index (Phi) is 3.88. The molecule has 124 valence electrons. The van der Waals surface area contributed by atoms with Gasteiger partial charge in [-0.3, -0.25) is 4.98 Å². The second-order valence-corrected chi connectivity index (χ2v) is 8.12. The Morgan fingerprint density at radius 1 is 0.880 bits per heavy atom. The predicted octanol–water partition coefficient (Wildman–Crippen LogP) is 4.28. The molecule has 0 radical (unpaired) electrons. The Hall–Kier alpha value is -2.54. The predicted molar refractivity (Wildman–Crippen MR) is 102 cm³/mol. The molecule has 0 unspecified atom stereocenters. The molecule has 2 aromatic carbocycles. The molecule has 2 aromatic heterocycles. The fourth-order valence-corrected chi connectivity index (χ4v) is 4.17. The zero-order valence-electron chi connectivity index (χ0n) is 13.1. The van der Waals surface area contributed by atoms with E-state index in [0.29, 0.717) is 0 Å². The van der Waals surface area contributed by atoms with Crippen LogP contribution in [0.3, 0.4) is 0 Å². The van der Waals surface area contributed by atoms with Gasteiger partial charge in [-0.15, -0.1) is 11.3 Å². The highest BCUT2D eigenvalue weighted by molar-refractivity contribution is 7.89. The number of pyridine rings is 1. The summed E-state index contributed by atoms with van der Waals surface area (Å²) in [5.74, 6) is 0. The van der Waals surface area contributed by atoms with Crippen LogP contribution >= 0.6 is 11.3 Å². The van der Waals surface area contributed by atoms with Crippen LogP contribution < -0.4 is 5.14 Å². The van der Waals surface area contributed by atoms with Crippen LogP contribution in [0.25, 0.3) is 32.5 Å². The van der Waals surface area contributed by atoms with Gasteiger partial charge >= 0.3 is 0 Å². The number of thiophene rings is 1. The number of hydrogen-bond donors (Lipinski definition) is 1. The zero-order valence-corrected chi connectivity index (χ0v) is 14.7. The first-order chi connectivity index (χ1) is 12.0. The lowest BCUT2D eigenvalue weighted by atomic mass is 10.00. The first kappa shape index (κ1) is 16.0. The third kappa shape index (κ3) is 2.95. The highest BCUT2D eigenvalue weighted by atomic mass is 32.2. The van der Waals surface area contributed by atoms with E-state index in [0.717, 1.165) is 27.6 Å². The highest BCUT2D eigenvalue weighted by Gasteiger charge is 2.12. The highest BCUT2D eigenvalue weighted by Crippen LogP contribution is 2.35. The average molecular weight is 366 g/mol. The molecule has 6 heteroatoms. The van der Waals surface area contributed by atoms with Crippen molar-refractivity contribution in [2.24, 2.45) is 5.14 Å². The number of benzene rings is 2. The van der Waals surface area contributed by atoms with Gasteiger partial charge in [-0.25, -0.2) is 13.6 Å². The van der Waals surface area contributed by atoms with Gasteiger partial charge in [-0.1, -0.05) is 36.4 Å². The van der Waals surface area contributed by atoms with E-state index in [9.17, 15) is 8.42 Å². The quantitative estimate of drug-likeness (QED) is 0.588. The van der Waals surface area contributed by atoms with Crippen LogP contribution in [0.1, 0.15) is 0 Å². The molecule has 2 N–H and O–H groups in total. The van der Waals surface area contributed by atoms with Crippen molar-refractivity contribution in [2.45, 2.75) is 4.90 Å². The standard InChI is InChI=1S/C19H14N2O2S2/c20-25(22,23)14-8-6-13(7-9-14)19-17-4-1-3-16(15(17)10-11-21-19)18-5-2-12-24-18/h1-12H,(H2,20,22,23). The zero-order chi connectivity index (χ0) is 17.4. The molecule has 25 heavy (non-hydrogen) atoms. The third-order valence-corrected chi connectivity index (χ3v) is 5.88. The Balaban J connectivity index is 1.90. The molecular weight excluding hydrogens is 352 g/mol. The lowest BCUT2D eigenvalue weighted by Gasteiger charge is -2.09. The van der Waals surface area contributed by atoms with E-state index in [1.807, 2.05) is 24.3 Å². The van der Waals surface area contributed by atoms with Gasteiger partial charge in [-0.2, -0.15) is 0 Å². The number of nitrogens with zero attached hydrogens (tertiary/aromatic N) is 1. The molecule has 0 saturated carbocycles. The Morgan fingerprint density at radius 3 is 2.36 bits per heavy atom. The Morgan fingerprint density at radius 2 is 1.68 bits per heavy atom. The van der Waals surface area contributed by atoms with Crippen molar-refractivity contribution in [1.82, 2.24) is 4.98 Å². The van der Waals surface area contributed by atoms with E-state index in [1.165, 1.54) is 17.0 Å². The molecule has 0 aliphatic heterocycles. The van der Waals surface area contributed by atoms with Gasteiger partial charge in [0.15, 0.2) is 0 Å². The summed E-state index contributed by atoms with van der Waals surface area (Å²) in [5, 5.41) is 9.37. The molecule has 4 aromatic rings. The van der Waals surface area contributed by atoms with Crippen molar-refractivity contribution in [3.05, 3.63) is 72.2 Å². The number of rotatable bonds is 3. The summed E-state index contributed by atoms with van der Waals surface area (Å²) in [7, 11) is -3.70. The molecule has 2 heterocycles. The van der Waals surface area contributed by atoms with Gasteiger partial charge in [0.25, 0.3) is 0 Å². The van der Waals surface area contributed by atoms with Crippen molar-refractivity contribution in [2.75, 3.05) is 0 Å². The summed E-state index contributed by atoms with van der Waals surface area (Å²) in [4.78, 5) is 5.81. The minimum absolute atomic E-state index is 0.0933. The summed E-state index contributed by atoms with van der Waals surface area (Å²) in [6.07, 6.45) is 1.78. The van der Waals surface area contributed by atoms with Crippen LogP contribution in [0.5, 0.6) is 0 Å². The molecule has 0 aliphatic rings. The van der Waals surface area contributed by atoms with Gasteiger partial charge in [0, 0.05) is 22.0 Å². The van der Waals surface area contributed by atoms with Crippen molar-refractivity contribution in [1.29, 1.82) is 0 Å². The maximum absolute atomic E-state index is 11.4. The van der Waals surface area contributed by atoms with E-state index in [4.69, 9.17) is 5.14 Å². The van der Waals surface area contributed by atoms with Crippen LogP contribution in [0, 0.1) is 0 Å². The molecule has 0 fully saturated rings. The average Bonchev–Trinajstić information content (AvgIpc) is 3.14. The number of fused-ring (bicyclic) bond motifs is 1. The second-order valence-electron chi connectivity index (χ2n) is 5.61. The van der Waals surface area contributed by atoms with E-state index >= 15 is 0 Å². The first-order valence-corrected chi connectivity index (χ1v) is 10.0. The van der Waals surface area contributed by atoms with E-state index in [2.05, 4.69) is 22.5 Å². The molecule has 4 nitrogen and oxygen atoms in total. The largest absolute Gasteiger partial charge is 0.256 e. The fourth-order valence-electron chi connectivity index (χ4n) is 2.89. The van der Waals surface area contributed by atoms with Crippen LogP contribution in [-0.4, -0.2) is 13.4 Å². The van der Waals surface area contributed by atoms with Crippen molar-refractivity contribution < 1.29 is 8.42 Å². The van der Waals surface area contributed by atoms with Crippen LogP contribution in [-0.2, 0) is 10.0 Å². The summed E-state index contributed by atoms with van der Waals surface area (Å²) in [6.45, 7) is 0. The van der Waals surface area contributed by atoms with E-state index in [-0.39, 0.29) is 4.90 Å². The summed E-state index contributed by atoms with van der Waals surface area (Å²) in [6, 6.07) is 18.8. The molecule has 4 rings (SSSR count). The topological polar surface area (TPSA) is 73.1 Å². The Bertz CT molecular complexity index is 1150. The minimum Gasteiger partial charge on any atom is -0.256 e. The van der Waals surface area contributed by atoms with Crippen LogP contribution in [0.15, 0.2) is 77.1 Å². The molecule has 0 atom stereocenters. The number of nitrogens with two attached hydrogens (primary N) is 1. The van der Waals surface area contributed by atoms with Crippen molar-refractivity contribution >= 4 is 32.1 Å². The van der Waals surface area contributed by atoms with Gasteiger partial charge in [-0.05, 0) is 40.6 Å². The lowest BCUT2D eigenvalue weighted by Crippen LogP contribution is -2.11. The Labute approximate surface area is 149 Å². The summed E-state index contributed by atoms with van der Waals surface area (Å²) < 4.78 is 22.9. The summed E-state index contributed by atoms with van der Waals surface area (Å²) >= 11 is 1.70. The second kappa shape index (κ2) is 6.07. The smallest absolute Gasteiger partial charge is 0.238 e. The third-order valence-electron chi connectivity index (χ3n) is 4.05. The van der Waals surface area contributed by atoms with Gasteiger partial charge in [0.2, 0.25) is 10.0 Å². The molecule has 0 spiro atoms. The molecule has 0 amide bonds. The van der Waals surface area contributed by atoms with E-state index < -0.39 is 10.0 Å². The van der Waals surface area contributed by atoms with Crippen molar-refractivity contribution in [3.8, 4) is 21.7 Å². The van der Waals surface area contributed by atoms with Gasteiger partial charge in [0.1, 0.15) is 0 Å². The number of aromatic nitrogens is 1. The number of sulfonamides is 1. The first-order valence-electron chi connectivity index (χ1n) is 7.59. The maximum Gasteiger partial charge on any atom is 0.238 e. The van der Waals surface area contributed by atoms with Crippen molar-refractivity contribution in [3.63, 3.8) is 0 Å².